The van der Waals surface area contributed by atoms with Crippen LogP contribution in [0.15, 0.2) is 12.1 Å². The van der Waals surface area contributed by atoms with Crippen LogP contribution in [-0.4, -0.2) is 26.4 Å². The summed E-state index contributed by atoms with van der Waals surface area (Å²) in [5, 5.41) is 3.50. The molecule has 1 aromatic carbocycles. The van der Waals surface area contributed by atoms with E-state index in [9.17, 15) is 0 Å². The lowest BCUT2D eigenvalue weighted by Gasteiger charge is -2.22. The van der Waals surface area contributed by atoms with Gasteiger partial charge in [0.05, 0.1) is 7.11 Å². The highest BCUT2D eigenvalue weighted by Gasteiger charge is 2.18. The van der Waals surface area contributed by atoms with Crippen LogP contribution in [-0.2, 0) is 6.54 Å². The predicted molar refractivity (Wildman–Crippen MR) is 75.1 cm³/mol. The summed E-state index contributed by atoms with van der Waals surface area (Å²) < 4.78 is 16.6. The first kappa shape index (κ1) is 14.0. The normalized spacial score (nSPS) is 15.4. The second-order valence-electron chi connectivity index (χ2n) is 5.24. The van der Waals surface area contributed by atoms with E-state index < -0.39 is 0 Å². The Morgan fingerprint density at radius 1 is 1.21 bits per heavy atom. The summed E-state index contributed by atoms with van der Waals surface area (Å²) in [4.78, 5) is 0. The molecule has 0 amide bonds. The molecule has 4 heteroatoms. The third kappa shape index (κ3) is 3.32. The lowest BCUT2D eigenvalue weighted by atomic mass is 10.1. The Morgan fingerprint density at radius 3 is 2.63 bits per heavy atom. The lowest BCUT2D eigenvalue weighted by Crippen LogP contribution is -2.30. The molecule has 0 saturated heterocycles. The summed E-state index contributed by atoms with van der Waals surface area (Å²) in [6.07, 6.45) is 0. The van der Waals surface area contributed by atoms with Gasteiger partial charge in [-0.2, -0.15) is 0 Å². The van der Waals surface area contributed by atoms with Crippen molar-refractivity contribution in [1.82, 2.24) is 5.32 Å². The van der Waals surface area contributed by atoms with E-state index in [1.54, 1.807) is 7.11 Å². The minimum Gasteiger partial charge on any atom is -0.493 e. The van der Waals surface area contributed by atoms with Gasteiger partial charge in [0.15, 0.2) is 11.5 Å². The summed E-state index contributed by atoms with van der Waals surface area (Å²) in [5.41, 5.74) is 1.15. The average Bonchev–Trinajstić information content (AvgIpc) is 2.43. The molecule has 1 aliphatic rings. The Balaban J connectivity index is 2.13. The number of hydrogen-bond acceptors (Lipinski definition) is 4. The zero-order valence-corrected chi connectivity index (χ0v) is 12.2. The molecule has 19 heavy (non-hydrogen) atoms. The number of fused-ring (bicyclic) bond motifs is 1. The lowest BCUT2D eigenvalue weighted by molar-refractivity contribution is 0.165. The van der Waals surface area contributed by atoms with Crippen molar-refractivity contribution in [2.45, 2.75) is 33.4 Å². The van der Waals surface area contributed by atoms with Crippen LogP contribution in [0, 0.1) is 5.92 Å². The fraction of sp³-hybridized carbons (Fsp3) is 0.600. The van der Waals surface area contributed by atoms with Crippen molar-refractivity contribution in [3.05, 3.63) is 17.7 Å². The van der Waals surface area contributed by atoms with Crippen molar-refractivity contribution in [2.75, 3.05) is 20.3 Å². The van der Waals surface area contributed by atoms with Crippen LogP contribution < -0.4 is 19.5 Å². The van der Waals surface area contributed by atoms with E-state index in [0.717, 1.165) is 29.4 Å². The van der Waals surface area contributed by atoms with Gasteiger partial charge >= 0.3 is 0 Å². The number of hydrogen-bond donors (Lipinski definition) is 1. The van der Waals surface area contributed by atoms with Crippen LogP contribution in [0.4, 0.5) is 0 Å². The molecule has 1 aliphatic heterocycles. The first-order chi connectivity index (χ1) is 9.11. The van der Waals surface area contributed by atoms with Gasteiger partial charge in [-0.05, 0) is 30.5 Å². The molecule has 0 bridgehead atoms. The number of methoxy groups -OCH3 is 1. The molecule has 0 spiro atoms. The summed E-state index contributed by atoms with van der Waals surface area (Å²) in [5.74, 6) is 2.85. The number of rotatable bonds is 5. The highest BCUT2D eigenvalue weighted by molar-refractivity contribution is 5.54. The molecule has 0 saturated carbocycles. The van der Waals surface area contributed by atoms with Crippen LogP contribution in [0.1, 0.15) is 26.3 Å². The van der Waals surface area contributed by atoms with Gasteiger partial charge in [0.2, 0.25) is 5.75 Å². The maximum atomic E-state index is 5.63. The standard InChI is InChI=1S/C15H23NO3/c1-10(2)11(3)16-9-12-7-13(17-4)15-14(8-12)18-5-6-19-15/h7-8,10-11,16H,5-6,9H2,1-4H3. The monoisotopic (exact) mass is 265 g/mol. The average molecular weight is 265 g/mol. The van der Waals surface area contributed by atoms with Crippen molar-refractivity contribution in [3.8, 4) is 17.2 Å². The molecular formula is C15H23NO3. The SMILES string of the molecule is COc1cc(CNC(C)C(C)C)cc2c1OCCO2. The zero-order valence-electron chi connectivity index (χ0n) is 12.2. The first-order valence-electron chi connectivity index (χ1n) is 6.81. The topological polar surface area (TPSA) is 39.7 Å². The van der Waals surface area contributed by atoms with E-state index >= 15 is 0 Å². The number of benzene rings is 1. The molecule has 0 fully saturated rings. The summed E-state index contributed by atoms with van der Waals surface area (Å²) in [7, 11) is 1.65. The molecule has 0 aromatic heterocycles. The zero-order chi connectivity index (χ0) is 13.8. The molecule has 1 unspecified atom stereocenters. The molecule has 4 nitrogen and oxygen atoms in total. The van der Waals surface area contributed by atoms with Gasteiger partial charge in [-0.1, -0.05) is 13.8 Å². The van der Waals surface area contributed by atoms with Crippen molar-refractivity contribution in [2.24, 2.45) is 5.92 Å². The van der Waals surface area contributed by atoms with Crippen LogP contribution >= 0.6 is 0 Å². The Labute approximate surface area is 115 Å². The van der Waals surface area contributed by atoms with Crippen molar-refractivity contribution < 1.29 is 14.2 Å². The van der Waals surface area contributed by atoms with E-state index in [2.05, 4.69) is 26.1 Å². The largest absolute Gasteiger partial charge is 0.493 e. The van der Waals surface area contributed by atoms with E-state index in [4.69, 9.17) is 14.2 Å². The van der Waals surface area contributed by atoms with Crippen molar-refractivity contribution in [3.63, 3.8) is 0 Å². The second kappa shape index (κ2) is 6.15. The minimum absolute atomic E-state index is 0.471. The van der Waals surface area contributed by atoms with Crippen LogP contribution in [0.3, 0.4) is 0 Å². The molecule has 1 heterocycles. The van der Waals surface area contributed by atoms with Gasteiger partial charge in [0.25, 0.3) is 0 Å². The third-order valence-electron chi connectivity index (χ3n) is 3.52. The third-order valence-corrected chi connectivity index (χ3v) is 3.52. The van der Waals surface area contributed by atoms with Gasteiger partial charge in [-0.25, -0.2) is 0 Å². The molecular weight excluding hydrogens is 242 g/mol. The van der Waals surface area contributed by atoms with Gasteiger partial charge < -0.3 is 19.5 Å². The maximum Gasteiger partial charge on any atom is 0.203 e. The molecule has 1 N–H and O–H groups in total. The molecule has 1 atom stereocenters. The Hall–Kier alpha value is -1.42. The van der Waals surface area contributed by atoms with E-state index in [1.165, 1.54) is 0 Å². The first-order valence-corrected chi connectivity index (χ1v) is 6.81. The van der Waals surface area contributed by atoms with Crippen molar-refractivity contribution in [1.29, 1.82) is 0 Å². The highest BCUT2D eigenvalue weighted by atomic mass is 16.6. The highest BCUT2D eigenvalue weighted by Crippen LogP contribution is 2.40. The molecule has 1 aromatic rings. The maximum absolute atomic E-state index is 5.63. The molecule has 0 radical (unpaired) electrons. The molecule has 2 rings (SSSR count). The van der Waals surface area contributed by atoms with Gasteiger partial charge in [0.1, 0.15) is 13.2 Å². The minimum atomic E-state index is 0.471. The predicted octanol–water partition coefficient (Wildman–Crippen LogP) is 2.60. The van der Waals surface area contributed by atoms with Crippen molar-refractivity contribution >= 4 is 0 Å². The van der Waals surface area contributed by atoms with Gasteiger partial charge in [-0.15, -0.1) is 0 Å². The second-order valence-corrected chi connectivity index (χ2v) is 5.24. The fourth-order valence-corrected chi connectivity index (χ4v) is 1.94. The smallest absolute Gasteiger partial charge is 0.203 e. The van der Waals surface area contributed by atoms with E-state index in [-0.39, 0.29) is 0 Å². The molecule has 0 aliphatic carbocycles. The van der Waals surface area contributed by atoms with Gasteiger partial charge in [0, 0.05) is 12.6 Å². The summed E-state index contributed by atoms with van der Waals surface area (Å²) >= 11 is 0. The molecule has 106 valence electrons. The number of ether oxygens (including phenoxy) is 3. The van der Waals surface area contributed by atoms with Crippen LogP contribution in [0.5, 0.6) is 17.2 Å². The van der Waals surface area contributed by atoms with Crippen LogP contribution in [0.2, 0.25) is 0 Å². The Bertz CT molecular complexity index is 414. The van der Waals surface area contributed by atoms with Gasteiger partial charge in [-0.3, -0.25) is 0 Å². The summed E-state index contributed by atoms with van der Waals surface area (Å²) in [6, 6.07) is 4.50. The Kier molecular flexibility index (Phi) is 4.53. The fourth-order valence-electron chi connectivity index (χ4n) is 1.94. The van der Waals surface area contributed by atoms with E-state index in [0.29, 0.717) is 25.2 Å². The van der Waals surface area contributed by atoms with E-state index in [1.807, 2.05) is 12.1 Å². The number of nitrogens with one attached hydrogen (secondary N) is 1. The van der Waals surface area contributed by atoms with Crippen LogP contribution in [0.25, 0.3) is 0 Å². The summed E-state index contributed by atoms with van der Waals surface area (Å²) in [6.45, 7) is 8.58. The quantitative estimate of drug-likeness (QED) is 0.888. The Morgan fingerprint density at radius 2 is 1.95 bits per heavy atom.